The third-order valence-electron chi connectivity index (χ3n) is 8.04. The molecule has 6 aromatic carbocycles. The van der Waals surface area contributed by atoms with Crippen LogP contribution in [0.4, 0.5) is 17.1 Å². The number of hydrogen-bond donors (Lipinski definition) is 0. The molecule has 1 aromatic heterocycles. The van der Waals surface area contributed by atoms with Crippen LogP contribution in [0, 0.1) is 6.92 Å². The summed E-state index contributed by atoms with van der Waals surface area (Å²) in [5, 5.41) is 2.54. The van der Waals surface area contributed by atoms with Crippen molar-refractivity contribution in [3.8, 4) is 16.8 Å². The van der Waals surface area contributed by atoms with E-state index in [4.69, 9.17) is 0 Å². The average molecular weight is 529 g/mol. The van der Waals surface area contributed by atoms with Crippen molar-refractivity contribution >= 4 is 38.9 Å². The highest BCUT2D eigenvalue weighted by Crippen LogP contribution is 2.38. The third-order valence-corrected chi connectivity index (χ3v) is 8.04. The van der Waals surface area contributed by atoms with E-state index in [9.17, 15) is 0 Å². The minimum absolute atomic E-state index is 1.04. The van der Waals surface area contributed by atoms with E-state index in [0.29, 0.717) is 0 Å². The van der Waals surface area contributed by atoms with Gasteiger partial charge in [-0.05, 0) is 96.8 Å². The molecule has 0 spiro atoms. The number of nitrogens with zero attached hydrogens (tertiary/aromatic N) is 2. The Balaban J connectivity index is 1.30. The molecule has 7 aromatic rings. The van der Waals surface area contributed by atoms with Crippen molar-refractivity contribution in [3.63, 3.8) is 0 Å². The van der Waals surface area contributed by atoms with Gasteiger partial charge < -0.3 is 9.47 Å². The van der Waals surface area contributed by atoms with E-state index in [0.717, 1.165) is 23.5 Å². The van der Waals surface area contributed by atoms with Gasteiger partial charge in [-0.15, -0.1) is 0 Å². The zero-order valence-corrected chi connectivity index (χ0v) is 23.5. The lowest BCUT2D eigenvalue weighted by atomic mass is 10.0. The number of hydrogen-bond acceptors (Lipinski definition) is 1. The van der Waals surface area contributed by atoms with Crippen LogP contribution in [0.5, 0.6) is 0 Å². The van der Waals surface area contributed by atoms with Crippen molar-refractivity contribution in [2.24, 2.45) is 0 Å². The number of aryl methyl sites for hydroxylation is 2. The molecule has 1 heterocycles. The molecule has 0 radical (unpaired) electrons. The largest absolute Gasteiger partial charge is 0.311 e. The minimum Gasteiger partial charge on any atom is -0.311 e. The van der Waals surface area contributed by atoms with E-state index < -0.39 is 0 Å². The van der Waals surface area contributed by atoms with E-state index in [-0.39, 0.29) is 0 Å². The fraction of sp³-hybridized carbons (Fsp3) is 0.0769. The topological polar surface area (TPSA) is 8.17 Å². The number of anilines is 3. The van der Waals surface area contributed by atoms with Gasteiger partial charge in [0.1, 0.15) is 0 Å². The van der Waals surface area contributed by atoms with Crippen LogP contribution < -0.4 is 4.90 Å². The zero-order chi connectivity index (χ0) is 27.8. The van der Waals surface area contributed by atoms with Gasteiger partial charge in [0.2, 0.25) is 0 Å². The molecule has 0 aliphatic rings. The first kappa shape index (κ1) is 24.9. The van der Waals surface area contributed by atoms with Crippen molar-refractivity contribution in [3.05, 3.63) is 157 Å². The monoisotopic (exact) mass is 528 g/mol. The Kier molecular flexibility index (Phi) is 6.37. The van der Waals surface area contributed by atoms with E-state index in [1.165, 1.54) is 49.7 Å². The Morgan fingerprint density at radius 1 is 0.512 bits per heavy atom. The van der Waals surface area contributed by atoms with E-state index >= 15 is 0 Å². The molecular formula is C39H32N2. The van der Waals surface area contributed by atoms with Crippen LogP contribution in [0.1, 0.15) is 18.1 Å². The summed E-state index contributed by atoms with van der Waals surface area (Å²) in [5.41, 5.74) is 12.1. The maximum Gasteiger partial charge on any atom is 0.0541 e. The fourth-order valence-electron chi connectivity index (χ4n) is 5.83. The molecule has 0 unspecified atom stereocenters. The SMILES string of the molecule is CCc1ccc(N(c2ccc(C)cc2)c2ccc(-c3ccc4c(c3)c3ccccc3n4-c3ccccc3)cc2)cc1. The third kappa shape index (κ3) is 4.58. The zero-order valence-electron chi connectivity index (χ0n) is 23.5. The van der Waals surface area contributed by atoms with Gasteiger partial charge >= 0.3 is 0 Å². The van der Waals surface area contributed by atoms with Crippen LogP contribution in [0.2, 0.25) is 0 Å². The molecule has 198 valence electrons. The smallest absolute Gasteiger partial charge is 0.0541 e. The fourth-order valence-corrected chi connectivity index (χ4v) is 5.83. The van der Waals surface area contributed by atoms with E-state index in [1.54, 1.807) is 0 Å². The van der Waals surface area contributed by atoms with E-state index in [2.05, 4.69) is 169 Å². The molecule has 0 saturated heterocycles. The second kappa shape index (κ2) is 10.5. The maximum atomic E-state index is 2.36. The number of benzene rings is 6. The van der Waals surface area contributed by atoms with Gasteiger partial charge in [0.05, 0.1) is 11.0 Å². The lowest BCUT2D eigenvalue weighted by Crippen LogP contribution is -2.09. The quantitative estimate of drug-likeness (QED) is 0.208. The molecule has 0 fully saturated rings. The highest BCUT2D eigenvalue weighted by Gasteiger charge is 2.15. The van der Waals surface area contributed by atoms with Crippen LogP contribution in [0.25, 0.3) is 38.6 Å². The molecule has 2 heteroatoms. The Bertz CT molecular complexity index is 1950. The van der Waals surface area contributed by atoms with Crippen LogP contribution in [0.3, 0.4) is 0 Å². The summed E-state index contributed by atoms with van der Waals surface area (Å²) in [6, 6.07) is 52.8. The van der Waals surface area contributed by atoms with Crippen molar-refractivity contribution in [2.45, 2.75) is 20.3 Å². The van der Waals surface area contributed by atoms with E-state index in [1.807, 2.05) is 0 Å². The van der Waals surface area contributed by atoms with Crippen LogP contribution in [0.15, 0.2) is 146 Å². The minimum atomic E-state index is 1.04. The lowest BCUT2D eigenvalue weighted by molar-refractivity contribution is 1.14. The number of aromatic nitrogens is 1. The molecule has 0 amide bonds. The summed E-state index contributed by atoms with van der Waals surface area (Å²) < 4.78 is 2.36. The summed E-state index contributed by atoms with van der Waals surface area (Å²) in [5.74, 6) is 0. The second-order valence-corrected chi connectivity index (χ2v) is 10.7. The molecule has 2 nitrogen and oxygen atoms in total. The Morgan fingerprint density at radius 3 is 1.76 bits per heavy atom. The van der Waals surface area contributed by atoms with Crippen LogP contribution in [-0.2, 0) is 6.42 Å². The highest BCUT2D eigenvalue weighted by atomic mass is 15.1. The summed E-state index contributed by atoms with van der Waals surface area (Å²) >= 11 is 0. The summed E-state index contributed by atoms with van der Waals surface area (Å²) in [6.07, 6.45) is 1.04. The molecule has 41 heavy (non-hydrogen) atoms. The average Bonchev–Trinajstić information content (AvgIpc) is 3.37. The summed E-state index contributed by atoms with van der Waals surface area (Å²) in [6.45, 7) is 4.33. The molecule has 0 atom stereocenters. The van der Waals surface area contributed by atoms with Gasteiger partial charge in [-0.2, -0.15) is 0 Å². The second-order valence-electron chi connectivity index (χ2n) is 10.7. The predicted molar refractivity (Wildman–Crippen MR) is 175 cm³/mol. The summed E-state index contributed by atoms with van der Waals surface area (Å²) in [7, 11) is 0. The van der Waals surface area contributed by atoms with Crippen molar-refractivity contribution < 1.29 is 0 Å². The Morgan fingerprint density at radius 2 is 1.07 bits per heavy atom. The summed E-state index contributed by atoms with van der Waals surface area (Å²) in [4.78, 5) is 2.33. The van der Waals surface area contributed by atoms with Gasteiger partial charge in [0.15, 0.2) is 0 Å². The lowest BCUT2D eigenvalue weighted by Gasteiger charge is -2.26. The van der Waals surface area contributed by atoms with Crippen molar-refractivity contribution in [1.82, 2.24) is 4.57 Å². The maximum absolute atomic E-state index is 2.36. The number of fused-ring (bicyclic) bond motifs is 3. The molecule has 0 aliphatic heterocycles. The first-order valence-corrected chi connectivity index (χ1v) is 14.3. The first-order chi connectivity index (χ1) is 20.2. The van der Waals surface area contributed by atoms with Crippen molar-refractivity contribution in [2.75, 3.05) is 4.90 Å². The van der Waals surface area contributed by atoms with Crippen molar-refractivity contribution in [1.29, 1.82) is 0 Å². The van der Waals surface area contributed by atoms with Gasteiger partial charge in [-0.1, -0.05) is 91.3 Å². The molecular weight excluding hydrogens is 496 g/mol. The van der Waals surface area contributed by atoms with Crippen LogP contribution >= 0.6 is 0 Å². The van der Waals surface area contributed by atoms with Gasteiger partial charge in [0, 0.05) is 33.5 Å². The molecule has 0 saturated carbocycles. The van der Waals surface area contributed by atoms with Gasteiger partial charge in [-0.3, -0.25) is 0 Å². The molecule has 0 aliphatic carbocycles. The van der Waals surface area contributed by atoms with Gasteiger partial charge in [0.25, 0.3) is 0 Å². The predicted octanol–water partition coefficient (Wildman–Crippen LogP) is 10.8. The standard InChI is InChI=1S/C39H32N2/c1-3-29-15-22-34(23-16-29)40(33-20-13-28(2)14-21-33)35-24-17-30(18-25-35)31-19-26-39-37(27-31)36-11-7-8-12-38(36)41(39)32-9-5-4-6-10-32/h4-27H,3H2,1-2H3. The normalized spacial score (nSPS) is 11.3. The molecule has 0 N–H and O–H groups in total. The molecule has 0 bridgehead atoms. The van der Waals surface area contributed by atoms with Crippen LogP contribution in [-0.4, -0.2) is 4.57 Å². The molecule has 7 rings (SSSR count). The van der Waals surface area contributed by atoms with Gasteiger partial charge in [-0.25, -0.2) is 0 Å². The number of rotatable bonds is 6. The number of para-hydroxylation sites is 2. The first-order valence-electron chi connectivity index (χ1n) is 14.3. The Labute approximate surface area is 241 Å². The highest BCUT2D eigenvalue weighted by molar-refractivity contribution is 6.10. The Hall–Kier alpha value is -5.08.